The maximum atomic E-state index is 8.79. The molecule has 0 fully saturated rings. The van der Waals surface area contributed by atoms with Gasteiger partial charge in [0.25, 0.3) is 0 Å². The summed E-state index contributed by atoms with van der Waals surface area (Å²) in [5.74, 6) is 0.768. The molecule has 0 saturated heterocycles. The molecule has 0 radical (unpaired) electrons. The zero-order valence-electron chi connectivity index (χ0n) is 10.3. The molecule has 0 aromatic heterocycles. The second kappa shape index (κ2) is 6.94. The molecule has 0 atom stereocenters. The lowest BCUT2D eigenvalue weighted by atomic mass is 10.1. The maximum Gasteiger partial charge on any atom is 0.0525 e. The third-order valence-electron chi connectivity index (χ3n) is 2.30. The minimum atomic E-state index is 0.237. The fraction of sp³-hybridized carbons (Fsp3) is 0.538. The number of rotatable bonds is 6. The smallest absolute Gasteiger partial charge is 0.0525 e. The molecule has 0 heterocycles. The average Bonchev–Trinajstić information content (AvgIpc) is 2.25. The molecule has 0 spiro atoms. The van der Waals surface area contributed by atoms with Gasteiger partial charge in [-0.1, -0.05) is 26.0 Å². The lowest BCUT2D eigenvalue weighted by Gasteiger charge is -2.10. The molecule has 1 rings (SSSR count). The van der Waals surface area contributed by atoms with Gasteiger partial charge in [-0.2, -0.15) is 0 Å². The van der Waals surface area contributed by atoms with E-state index in [-0.39, 0.29) is 6.61 Å². The summed E-state index contributed by atoms with van der Waals surface area (Å²) in [6.07, 6.45) is 0. The lowest BCUT2D eigenvalue weighted by Crippen LogP contribution is -2.21. The Bertz CT molecular complexity index is 326. The number of hydrogen-bond acceptors (Lipinski definition) is 3. The van der Waals surface area contributed by atoms with Crippen LogP contribution in [0.2, 0.25) is 0 Å². The fourth-order valence-corrected chi connectivity index (χ4v) is 2.22. The average molecular weight is 239 g/mol. The van der Waals surface area contributed by atoms with Crippen LogP contribution in [0.3, 0.4) is 0 Å². The number of nitrogens with one attached hydrogen (secondary N) is 1. The van der Waals surface area contributed by atoms with Crippen molar-refractivity contribution in [1.82, 2.24) is 5.32 Å². The molecule has 1 aromatic rings. The molecule has 90 valence electrons. The van der Waals surface area contributed by atoms with Gasteiger partial charge in [0.15, 0.2) is 0 Å². The molecule has 0 saturated carbocycles. The Morgan fingerprint density at radius 1 is 1.38 bits per heavy atom. The summed E-state index contributed by atoms with van der Waals surface area (Å²) in [6, 6.07) is 7.04. The normalized spacial score (nSPS) is 11.1. The van der Waals surface area contributed by atoms with E-state index in [1.807, 2.05) is 0 Å². The van der Waals surface area contributed by atoms with E-state index in [0.29, 0.717) is 6.04 Å². The second-order valence-electron chi connectivity index (χ2n) is 4.21. The monoisotopic (exact) mass is 239 g/mol. The highest BCUT2D eigenvalue weighted by Gasteiger charge is 2.01. The molecule has 3 heteroatoms. The van der Waals surface area contributed by atoms with E-state index >= 15 is 0 Å². The maximum absolute atomic E-state index is 8.79. The molecular formula is C13H21NOS. The summed E-state index contributed by atoms with van der Waals surface area (Å²) in [6.45, 7) is 7.58. The summed E-state index contributed by atoms with van der Waals surface area (Å²) in [7, 11) is 0. The van der Waals surface area contributed by atoms with E-state index in [9.17, 15) is 0 Å². The first-order valence-corrected chi connectivity index (χ1v) is 6.68. The first-order valence-electron chi connectivity index (χ1n) is 5.70. The van der Waals surface area contributed by atoms with Crippen LogP contribution in [0.1, 0.15) is 25.0 Å². The van der Waals surface area contributed by atoms with Gasteiger partial charge in [-0.3, -0.25) is 0 Å². The first-order chi connectivity index (χ1) is 7.63. The van der Waals surface area contributed by atoms with Crippen molar-refractivity contribution in [2.75, 3.05) is 12.4 Å². The van der Waals surface area contributed by atoms with E-state index in [1.165, 1.54) is 16.0 Å². The summed E-state index contributed by atoms with van der Waals surface area (Å²) in [4.78, 5) is 1.27. The van der Waals surface area contributed by atoms with Crippen LogP contribution in [0.4, 0.5) is 0 Å². The number of aliphatic hydroxyl groups excluding tert-OH is 1. The van der Waals surface area contributed by atoms with Gasteiger partial charge >= 0.3 is 0 Å². The van der Waals surface area contributed by atoms with Gasteiger partial charge in [0.1, 0.15) is 0 Å². The third kappa shape index (κ3) is 4.56. The van der Waals surface area contributed by atoms with Crippen molar-refractivity contribution in [3.63, 3.8) is 0 Å². The van der Waals surface area contributed by atoms with Crippen molar-refractivity contribution < 1.29 is 5.11 Å². The summed E-state index contributed by atoms with van der Waals surface area (Å²) >= 11 is 1.71. The Labute approximate surface area is 102 Å². The molecule has 0 aliphatic rings. The number of benzene rings is 1. The van der Waals surface area contributed by atoms with Crippen molar-refractivity contribution >= 4 is 11.8 Å². The predicted octanol–water partition coefficient (Wildman–Crippen LogP) is 2.58. The Morgan fingerprint density at radius 3 is 2.69 bits per heavy atom. The van der Waals surface area contributed by atoms with Crippen LogP contribution in [-0.2, 0) is 6.54 Å². The SMILES string of the molecule is Cc1cc(CNC(C)C)ccc1SCCO. The minimum Gasteiger partial charge on any atom is -0.396 e. The van der Waals surface area contributed by atoms with E-state index in [4.69, 9.17) is 5.11 Å². The highest BCUT2D eigenvalue weighted by molar-refractivity contribution is 7.99. The van der Waals surface area contributed by atoms with Gasteiger partial charge in [-0.25, -0.2) is 0 Å². The van der Waals surface area contributed by atoms with Crippen LogP contribution < -0.4 is 5.32 Å². The first kappa shape index (κ1) is 13.6. The van der Waals surface area contributed by atoms with Gasteiger partial charge in [0, 0.05) is 23.2 Å². The van der Waals surface area contributed by atoms with Crippen molar-refractivity contribution in [2.24, 2.45) is 0 Å². The van der Waals surface area contributed by atoms with Gasteiger partial charge in [0.2, 0.25) is 0 Å². The Balaban J connectivity index is 2.59. The van der Waals surface area contributed by atoms with Gasteiger partial charge in [-0.15, -0.1) is 11.8 Å². The molecule has 16 heavy (non-hydrogen) atoms. The zero-order valence-corrected chi connectivity index (χ0v) is 11.1. The van der Waals surface area contributed by atoms with Crippen LogP contribution in [0.15, 0.2) is 23.1 Å². The second-order valence-corrected chi connectivity index (χ2v) is 5.34. The van der Waals surface area contributed by atoms with E-state index in [1.54, 1.807) is 11.8 Å². The summed E-state index contributed by atoms with van der Waals surface area (Å²) in [5, 5.41) is 12.2. The number of aryl methyl sites for hydroxylation is 1. The predicted molar refractivity (Wildman–Crippen MR) is 71.0 cm³/mol. The minimum absolute atomic E-state index is 0.237. The van der Waals surface area contributed by atoms with Crippen molar-refractivity contribution in [2.45, 2.75) is 38.3 Å². The number of hydrogen-bond donors (Lipinski definition) is 2. The highest BCUT2D eigenvalue weighted by atomic mass is 32.2. The van der Waals surface area contributed by atoms with Gasteiger partial charge in [0.05, 0.1) is 6.61 Å². The quantitative estimate of drug-likeness (QED) is 0.748. The molecule has 2 nitrogen and oxygen atoms in total. The van der Waals surface area contributed by atoms with Crippen LogP contribution in [-0.4, -0.2) is 23.5 Å². The van der Waals surface area contributed by atoms with Crippen molar-refractivity contribution in [1.29, 1.82) is 0 Å². The van der Waals surface area contributed by atoms with Crippen LogP contribution >= 0.6 is 11.8 Å². The van der Waals surface area contributed by atoms with Crippen molar-refractivity contribution in [3.8, 4) is 0 Å². The third-order valence-corrected chi connectivity index (χ3v) is 3.46. The van der Waals surface area contributed by atoms with Gasteiger partial charge in [-0.05, 0) is 24.1 Å². The molecule has 0 amide bonds. The van der Waals surface area contributed by atoms with Gasteiger partial charge < -0.3 is 10.4 Å². The molecule has 0 aliphatic carbocycles. The van der Waals surface area contributed by atoms with E-state index < -0.39 is 0 Å². The lowest BCUT2D eigenvalue weighted by molar-refractivity contribution is 0.322. The molecule has 0 unspecified atom stereocenters. The Kier molecular flexibility index (Phi) is 5.88. The zero-order chi connectivity index (χ0) is 12.0. The van der Waals surface area contributed by atoms with Crippen LogP contribution in [0, 0.1) is 6.92 Å². The molecule has 0 bridgehead atoms. The Morgan fingerprint density at radius 2 is 2.12 bits per heavy atom. The Hall–Kier alpha value is -0.510. The van der Waals surface area contributed by atoms with E-state index in [2.05, 4.69) is 44.3 Å². The standard InChI is InChI=1S/C13H21NOS/c1-10(2)14-9-12-4-5-13(11(3)8-12)16-7-6-15/h4-5,8,10,14-15H,6-7,9H2,1-3H3. The van der Waals surface area contributed by atoms with E-state index in [0.717, 1.165) is 12.3 Å². The van der Waals surface area contributed by atoms with Crippen LogP contribution in [0.5, 0.6) is 0 Å². The van der Waals surface area contributed by atoms with Crippen LogP contribution in [0.25, 0.3) is 0 Å². The molecule has 2 N–H and O–H groups in total. The molecule has 0 aliphatic heterocycles. The molecular weight excluding hydrogens is 218 g/mol. The number of thioether (sulfide) groups is 1. The summed E-state index contributed by atoms with van der Waals surface area (Å²) < 4.78 is 0. The fourth-order valence-electron chi connectivity index (χ4n) is 1.46. The largest absolute Gasteiger partial charge is 0.396 e. The number of aliphatic hydroxyl groups is 1. The van der Waals surface area contributed by atoms with Crippen molar-refractivity contribution in [3.05, 3.63) is 29.3 Å². The highest BCUT2D eigenvalue weighted by Crippen LogP contribution is 2.22. The topological polar surface area (TPSA) is 32.3 Å². The summed E-state index contributed by atoms with van der Waals surface area (Å²) in [5.41, 5.74) is 2.61. The molecule has 1 aromatic carbocycles.